The summed E-state index contributed by atoms with van der Waals surface area (Å²) < 4.78 is 4.58. The van der Waals surface area contributed by atoms with E-state index in [1.54, 1.807) is 22.7 Å². The van der Waals surface area contributed by atoms with Crippen LogP contribution in [-0.4, -0.2) is 24.9 Å². The molecule has 7 aromatic carbocycles. The Kier molecular flexibility index (Phi) is 8.14. The van der Waals surface area contributed by atoms with Gasteiger partial charge in [-0.25, -0.2) is 24.9 Å². The second-order valence-electron chi connectivity index (χ2n) is 14.0. The zero-order valence-corrected chi connectivity index (χ0v) is 32.3. The van der Waals surface area contributed by atoms with Crippen molar-refractivity contribution in [3.8, 4) is 74.0 Å². The molecule has 0 saturated carbocycles. The summed E-state index contributed by atoms with van der Waals surface area (Å²) in [6.45, 7) is 0. The average molecular weight is 777 g/mol. The van der Waals surface area contributed by atoms with Crippen molar-refractivity contribution < 1.29 is 0 Å². The van der Waals surface area contributed by atoms with Crippen LogP contribution in [0.25, 0.3) is 108 Å². The molecule has 0 bridgehead atoms. The third-order valence-electron chi connectivity index (χ3n) is 10.4. The normalized spacial score (nSPS) is 11.4. The Bertz CT molecular complexity index is 3390. The van der Waals surface area contributed by atoms with Crippen LogP contribution in [0.4, 0.5) is 0 Å². The number of nitrogens with zero attached hydrogens (tertiary/aromatic N) is 6. The fourth-order valence-electron chi connectivity index (χ4n) is 7.55. The van der Waals surface area contributed by atoms with Crippen molar-refractivity contribution >= 4 is 63.1 Å². The first-order chi connectivity index (χ1) is 28.7. The van der Waals surface area contributed by atoms with Gasteiger partial charge in [0.05, 0.1) is 27.5 Å². The number of aromatic nitrogens is 5. The van der Waals surface area contributed by atoms with E-state index in [2.05, 4.69) is 103 Å². The zero-order chi connectivity index (χ0) is 38.6. The van der Waals surface area contributed by atoms with Gasteiger partial charge < -0.3 is 0 Å². The number of hydrogen-bond donors (Lipinski definition) is 0. The molecule has 0 N–H and O–H groups in total. The summed E-state index contributed by atoms with van der Waals surface area (Å²) in [7, 11) is 0. The van der Waals surface area contributed by atoms with Gasteiger partial charge in [0.15, 0.2) is 23.3 Å². The maximum Gasteiger partial charge on any atom is 0.164 e. The van der Waals surface area contributed by atoms with Crippen molar-refractivity contribution in [2.24, 2.45) is 0 Å². The molecule has 0 aliphatic rings. The van der Waals surface area contributed by atoms with Crippen molar-refractivity contribution in [3.63, 3.8) is 0 Å². The van der Waals surface area contributed by atoms with Gasteiger partial charge in [-0.15, -0.1) is 22.7 Å². The quantitative estimate of drug-likeness (QED) is 0.167. The summed E-state index contributed by atoms with van der Waals surface area (Å²) in [5, 5.41) is 12.6. The topological polar surface area (TPSA) is 88.2 Å². The summed E-state index contributed by atoms with van der Waals surface area (Å²) in [6, 6.07) is 59.8. The highest BCUT2D eigenvalue weighted by molar-refractivity contribution is 7.26. The van der Waals surface area contributed by atoms with Crippen LogP contribution in [0, 0.1) is 11.3 Å². The monoisotopic (exact) mass is 776 g/mol. The molecule has 58 heavy (non-hydrogen) atoms. The van der Waals surface area contributed by atoms with Gasteiger partial charge in [0.25, 0.3) is 0 Å². The third-order valence-corrected chi connectivity index (χ3v) is 12.7. The van der Waals surface area contributed by atoms with Gasteiger partial charge in [-0.3, -0.25) is 0 Å². The Morgan fingerprint density at radius 2 is 0.966 bits per heavy atom. The minimum Gasteiger partial charge on any atom is -0.226 e. The molecule has 8 heteroatoms. The minimum absolute atomic E-state index is 0.589. The van der Waals surface area contributed by atoms with Crippen LogP contribution >= 0.6 is 22.7 Å². The lowest BCUT2D eigenvalue weighted by atomic mass is 10.0. The van der Waals surface area contributed by atoms with E-state index in [4.69, 9.17) is 24.9 Å². The molecular weight excluding hydrogens is 749 g/mol. The fourth-order valence-corrected chi connectivity index (χ4v) is 9.82. The fraction of sp³-hybridized carbons (Fsp3) is 0. The van der Waals surface area contributed by atoms with Crippen LogP contribution in [-0.2, 0) is 0 Å². The molecule has 0 aliphatic carbocycles. The van der Waals surface area contributed by atoms with Gasteiger partial charge >= 0.3 is 0 Å². The van der Waals surface area contributed by atoms with Crippen LogP contribution in [0.3, 0.4) is 0 Å². The van der Waals surface area contributed by atoms with Crippen LogP contribution < -0.4 is 0 Å². The van der Waals surface area contributed by atoms with Crippen LogP contribution in [0.15, 0.2) is 170 Å². The lowest BCUT2D eigenvalue weighted by molar-refractivity contribution is 1.08. The highest BCUT2D eigenvalue weighted by Crippen LogP contribution is 2.43. The maximum absolute atomic E-state index is 9.25. The molecule has 4 heterocycles. The highest BCUT2D eigenvalue weighted by atomic mass is 32.1. The Balaban J connectivity index is 1.08. The number of rotatable bonds is 6. The van der Waals surface area contributed by atoms with Gasteiger partial charge in [-0.05, 0) is 53.6 Å². The molecule has 4 aromatic heterocycles. The predicted molar refractivity (Wildman–Crippen MR) is 239 cm³/mol. The van der Waals surface area contributed by atoms with Crippen molar-refractivity contribution in [3.05, 3.63) is 175 Å². The van der Waals surface area contributed by atoms with Crippen molar-refractivity contribution in [2.75, 3.05) is 0 Å². The van der Waals surface area contributed by atoms with E-state index in [-0.39, 0.29) is 0 Å². The standard InChI is InChI=1S/C50H28N6S2/c51-29-30-18-20-31(21-19-30)32-22-24-35(25-23-32)48-54-47(34-12-5-2-6-13-34)55-50(56-48)38-15-9-17-42-43(38)39-28-36(26-27-41(39)57-42)49-52-44(33-10-3-1-4-11-33)46-45(53-49)37-14-7-8-16-40(37)58-46/h1-28H. The summed E-state index contributed by atoms with van der Waals surface area (Å²) in [6.07, 6.45) is 0. The van der Waals surface area contributed by atoms with E-state index in [9.17, 15) is 5.26 Å². The van der Waals surface area contributed by atoms with Crippen molar-refractivity contribution in [1.29, 1.82) is 5.26 Å². The van der Waals surface area contributed by atoms with Gasteiger partial charge in [0.2, 0.25) is 0 Å². The summed E-state index contributed by atoms with van der Waals surface area (Å²) in [5.41, 5.74) is 9.35. The number of benzene rings is 7. The molecule has 11 rings (SSSR count). The second kappa shape index (κ2) is 13.9. The first-order valence-electron chi connectivity index (χ1n) is 18.8. The van der Waals surface area contributed by atoms with Crippen molar-refractivity contribution in [1.82, 2.24) is 24.9 Å². The zero-order valence-electron chi connectivity index (χ0n) is 30.7. The number of fused-ring (bicyclic) bond motifs is 6. The molecule has 0 saturated heterocycles. The Morgan fingerprint density at radius 1 is 0.397 bits per heavy atom. The smallest absolute Gasteiger partial charge is 0.164 e. The lowest BCUT2D eigenvalue weighted by Gasteiger charge is -2.10. The predicted octanol–water partition coefficient (Wildman–Crippen LogP) is 13.3. The van der Waals surface area contributed by atoms with Crippen LogP contribution in [0.5, 0.6) is 0 Å². The Morgan fingerprint density at radius 3 is 1.71 bits per heavy atom. The van der Waals surface area contributed by atoms with E-state index in [1.165, 1.54) is 4.70 Å². The second-order valence-corrected chi connectivity index (χ2v) is 16.1. The summed E-state index contributed by atoms with van der Waals surface area (Å²) >= 11 is 3.50. The van der Waals surface area contributed by atoms with Crippen molar-refractivity contribution in [2.45, 2.75) is 0 Å². The highest BCUT2D eigenvalue weighted by Gasteiger charge is 2.20. The Hall–Kier alpha value is -7.44. The average Bonchev–Trinajstić information content (AvgIpc) is 3.87. The van der Waals surface area contributed by atoms with E-state index in [1.807, 2.05) is 72.8 Å². The third kappa shape index (κ3) is 5.89. The van der Waals surface area contributed by atoms with Gasteiger partial charge in [0, 0.05) is 58.1 Å². The molecule has 0 radical (unpaired) electrons. The van der Waals surface area contributed by atoms with Crippen LogP contribution in [0.2, 0.25) is 0 Å². The molecule has 11 aromatic rings. The number of thiophene rings is 2. The van der Waals surface area contributed by atoms with E-state index >= 15 is 0 Å². The molecule has 0 atom stereocenters. The van der Waals surface area contributed by atoms with E-state index < -0.39 is 0 Å². The molecule has 6 nitrogen and oxygen atoms in total. The molecule has 0 amide bonds. The molecule has 0 spiro atoms. The lowest BCUT2D eigenvalue weighted by Crippen LogP contribution is -2.00. The summed E-state index contributed by atoms with van der Waals surface area (Å²) in [5.74, 6) is 2.48. The number of nitriles is 1. The minimum atomic E-state index is 0.589. The van der Waals surface area contributed by atoms with Gasteiger partial charge in [0.1, 0.15) is 0 Å². The van der Waals surface area contributed by atoms with Gasteiger partial charge in [-0.1, -0.05) is 127 Å². The largest absolute Gasteiger partial charge is 0.226 e. The maximum atomic E-state index is 9.25. The van der Waals surface area contributed by atoms with E-state index in [0.717, 1.165) is 80.4 Å². The van der Waals surface area contributed by atoms with Gasteiger partial charge in [-0.2, -0.15) is 5.26 Å². The number of hydrogen-bond acceptors (Lipinski definition) is 8. The SMILES string of the molecule is N#Cc1ccc(-c2ccc(-c3nc(-c4ccccc4)nc(-c4cccc5sc6ccc(-c7nc(-c8ccccc8)c8sc9ccccc9c8n7)cc6c45)n3)cc2)cc1. The molecule has 0 unspecified atom stereocenters. The molecule has 270 valence electrons. The van der Waals surface area contributed by atoms with Crippen LogP contribution in [0.1, 0.15) is 5.56 Å². The first kappa shape index (κ1) is 33.9. The Labute approximate surface area is 341 Å². The molecule has 0 aliphatic heterocycles. The summed E-state index contributed by atoms with van der Waals surface area (Å²) in [4.78, 5) is 25.8. The molecular formula is C50H28N6S2. The molecule has 0 fully saturated rings. The van der Waals surface area contributed by atoms with E-state index in [0.29, 0.717) is 28.9 Å². The first-order valence-corrected chi connectivity index (χ1v) is 20.4.